The van der Waals surface area contributed by atoms with Gasteiger partial charge in [0, 0.05) is 24.7 Å². The van der Waals surface area contributed by atoms with E-state index in [1.807, 2.05) is 37.3 Å². The van der Waals surface area contributed by atoms with Crippen molar-refractivity contribution in [3.8, 4) is 5.75 Å². The highest BCUT2D eigenvalue weighted by molar-refractivity contribution is 7.89. The number of nitrogens with zero attached hydrogens (tertiary/aromatic N) is 1. The average molecular weight is 468 g/mol. The molecule has 0 atom stereocenters. The van der Waals surface area contributed by atoms with Crippen molar-refractivity contribution < 1.29 is 22.7 Å². The molecule has 0 heterocycles. The minimum Gasteiger partial charge on any atom is -0.495 e. The smallest absolute Gasteiger partial charge is 0.269 e. The molecule has 33 heavy (non-hydrogen) atoms. The molecule has 3 aromatic rings. The van der Waals surface area contributed by atoms with Crippen LogP contribution in [0.25, 0.3) is 0 Å². The van der Waals surface area contributed by atoms with E-state index < -0.39 is 21.8 Å². The van der Waals surface area contributed by atoms with Crippen molar-refractivity contribution >= 4 is 21.8 Å². The maximum absolute atomic E-state index is 13.2. The zero-order chi connectivity index (χ0) is 24.0. The molecule has 0 aliphatic heterocycles. The lowest BCUT2D eigenvalue weighted by molar-refractivity contribution is 0.0846. The molecule has 2 amide bonds. The van der Waals surface area contributed by atoms with Crippen LogP contribution in [0, 0.1) is 6.92 Å². The number of aryl methyl sites for hydroxylation is 1. The van der Waals surface area contributed by atoms with Crippen LogP contribution in [-0.2, 0) is 16.6 Å². The fraction of sp³-hybridized carbons (Fsp3) is 0.167. The predicted molar refractivity (Wildman–Crippen MR) is 124 cm³/mol. The normalized spacial score (nSPS) is 11.2. The second kappa shape index (κ2) is 10.3. The van der Waals surface area contributed by atoms with Gasteiger partial charge in [-0.25, -0.2) is 8.42 Å². The molecule has 2 N–H and O–H groups in total. The van der Waals surface area contributed by atoms with E-state index in [0.29, 0.717) is 5.56 Å². The molecule has 0 saturated carbocycles. The first kappa shape index (κ1) is 24.0. The van der Waals surface area contributed by atoms with Crippen LogP contribution in [0.15, 0.2) is 77.7 Å². The number of carbonyl (C=O) groups is 2. The highest BCUT2D eigenvalue weighted by Crippen LogP contribution is 2.28. The van der Waals surface area contributed by atoms with Gasteiger partial charge in [0.2, 0.25) is 10.0 Å². The first-order chi connectivity index (χ1) is 15.7. The molecule has 172 valence electrons. The van der Waals surface area contributed by atoms with Crippen LogP contribution in [0.1, 0.15) is 31.8 Å². The molecule has 9 heteroatoms. The summed E-state index contributed by atoms with van der Waals surface area (Å²) in [6.07, 6.45) is 0. The van der Waals surface area contributed by atoms with Gasteiger partial charge in [0.05, 0.1) is 7.11 Å². The van der Waals surface area contributed by atoms with E-state index in [-0.39, 0.29) is 22.8 Å². The van der Waals surface area contributed by atoms with Crippen molar-refractivity contribution in [1.82, 2.24) is 15.2 Å². The van der Waals surface area contributed by atoms with Gasteiger partial charge < -0.3 is 4.74 Å². The Labute approximate surface area is 193 Å². The summed E-state index contributed by atoms with van der Waals surface area (Å²) < 4.78 is 32.8. The molecular weight excluding hydrogens is 442 g/mol. The Morgan fingerprint density at radius 3 is 2.06 bits per heavy atom. The van der Waals surface area contributed by atoms with Crippen LogP contribution in [0.4, 0.5) is 0 Å². The van der Waals surface area contributed by atoms with Crippen LogP contribution in [-0.4, -0.2) is 38.7 Å². The number of carbonyl (C=O) groups excluding carboxylic acids is 2. The number of rotatable bonds is 7. The Hall–Kier alpha value is -3.69. The molecule has 0 aliphatic carbocycles. The SMILES string of the molecule is COc1ccc(C(=O)NNC(=O)c2ccc(C)cc2)cc1S(=O)(=O)N(C)Cc1ccccc1. The summed E-state index contributed by atoms with van der Waals surface area (Å²) in [4.78, 5) is 24.7. The summed E-state index contributed by atoms with van der Waals surface area (Å²) in [5, 5.41) is 0. The summed E-state index contributed by atoms with van der Waals surface area (Å²) in [5.41, 5.74) is 6.88. The Kier molecular flexibility index (Phi) is 7.47. The molecule has 0 bridgehead atoms. The molecule has 0 aromatic heterocycles. The molecule has 8 nitrogen and oxygen atoms in total. The van der Waals surface area contributed by atoms with Crippen molar-refractivity contribution in [3.63, 3.8) is 0 Å². The van der Waals surface area contributed by atoms with Gasteiger partial charge in [0.25, 0.3) is 11.8 Å². The summed E-state index contributed by atoms with van der Waals surface area (Å²) in [6.45, 7) is 2.05. The number of hydrazine groups is 1. The molecule has 0 spiro atoms. The minimum absolute atomic E-state index is 0.0479. The second-order valence-electron chi connectivity index (χ2n) is 7.39. The third-order valence-electron chi connectivity index (χ3n) is 4.97. The number of hydrogen-bond donors (Lipinski definition) is 2. The van der Waals surface area contributed by atoms with Crippen molar-refractivity contribution in [2.24, 2.45) is 0 Å². The van der Waals surface area contributed by atoms with Crippen LogP contribution >= 0.6 is 0 Å². The molecular formula is C24H25N3O5S. The monoisotopic (exact) mass is 467 g/mol. The van der Waals surface area contributed by atoms with Crippen LogP contribution in [0.2, 0.25) is 0 Å². The van der Waals surface area contributed by atoms with E-state index in [1.165, 1.54) is 36.7 Å². The van der Waals surface area contributed by atoms with E-state index in [4.69, 9.17) is 4.74 Å². The zero-order valence-corrected chi connectivity index (χ0v) is 19.3. The Morgan fingerprint density at radius 2 is 1.45 bits per heavy atom. The molecule has 0 aliphatic rings. The number of nitrogens with one attached hydrogen (secondary N) is 2. The maximum Gasteiger partial charge on any atom is 0.269 e. The fourth-order valence-corrected chi connectivity index (χ4v) is 4.41. The quantitative estimate of drug-likeness (QED) is 0.520. The number of ether oxygens (including phenoxy) is 1. The highest BCUT2D eigenvalue weighted by atomic mass is 32.2. The summed E-state index contributed by atoms with van der Waals surface area (Å²) >= 11 is 0. The molecule has 0 saturated heterocycles. The van der Waals surface area contributed by atoms with Gasteiger partial charge in [-0.15, -0.1) is 0 Å². The number of amides is 2. The van der Waals surface area contributed by atoms with Crippen molar-refractivity contribution in [3.05, 3.63) is 95.1 Å². The lowest BCUT2D eigenvalue weighted by Gasteiger charge is -2.19. The lowest BCUT2D eigenvalue weighted by Crippen LogP contribution is -2.41. The number of hydrogen-bond acceptors (Lipinski definition) is 5. The standard InChI is InChI=1S/C24H25N3O5S/c1-17-9-11-19(12-10-17)23(28)25-26-24(29)20-13-14-21(32-3)22(15-20)33(30,31)27(2)16-18-7-5-4-6-8-18/h4-15H,16H2,1-3H3,(H,25,28)(H,26,29). The summed E-state index contributed by atoms with van der Waals surface area (Å²) in [5.74, 6) is -1.05. The Morgan fingerprint density at radius 1 is 0.879 bits per heavy atom. The van der Waals surface area contributed by atoms with Gasteiger partial charge in [0.15, 0.2) is 0 Å². The largest absolute Gasteiger partial charge is 0.495 e. The van der Waals surface area contributed by atoms with E-state index in [2.05, 4.69) is 10.9 Å². The van der Waals surface area contributed by atoms with Crippen molar-refractivity contribution in [1.29, 1.82) is 0 Å². The van der Waals surface area contributed by atoms with E-state index in [9.17, 15) is 18.0 Å². The van der Waals surface area contributed by atoms with Crippen LogP contribution in [0.3, 0.4) is 0 Å². The third-order valence-corrected chi connectivity index (χ3v) is 6.79. The summed E-state index contributed by atoms with van der Waals surface area (Å²) in [7, 11) is -1.16. The first-order valence-electron chi connectivity index (χ1n) is 10.1. The molecule has 3 aromatic carbocycles. The Bertz CT molecular complexity index is 1240. The molecule has 3 rings (SSSR count). The number of sulfonamides is 1. The topological polar surface area (TPSA) is 105 Å². The van der Waals surface area contributed by atoms with Gasteiger partial charge in [-0.05, 0) is 42.8 Å². The number of benzene rings is 3. The fourth-order valence-electron chi connectivity index (χ4n) is 3.08. The number of methoxy groups -OCH3 is 1. The minimum atomic E-state index is -3.97. The molecule has 0 radical (unpaired) electrons. The first-order valence-corrected chi connectivity index (χ1v) is 11.5. The van der Waals surface area contributed by atoms with Gasteiger partial charge in [-0.3, -0.25) is 20.4 Å². The lowest BCUT2D eigenvalue weighted by atomic mass is 10.1. The third kappa shape index (κ3) is 5.76. The zero-order valence-electron chi connectivity index (χ0n) is 18.5. The second-order valence-corrected chi connectivity index (χ2v) is 9.40. The van der Waals surface area contributed by atoms with Crippen molar-refractivity contribution in [2.75, 3.05) is 14.2 Å². The van der Waals surface area contributed by atoms with Gasteiger partial charge >= 0.3 is 0 Å². The van der Waals surface area contributed by atoms with Gasteiger partial charge in [-0.2, -0.15) is 4.31 Å². The predicted octanol–water partition coefficient (Wildman–Crippen LogP) is 2.90. The van der Waals surface area contributed by atoms with E-state index >= 15 is 0 Å². The van der Waals surface area contributed by atoms with E-state index in [0.717, 1.165) is 11.1 Å². The highest BCUT2D eigenvalue weighted by Gasteiger charge is 2.26. The van der Waals surface area contributed by atoms with Crippen LogP contribution in [0.5, 0.6) is 5.75 Å². The van der Waals surface area contributed by atoms with Crippen LogP contribution < -0.4 is 15.6 Å². The molecule has 0 unspecified atom stereocenters. The summed E-state index contributed by atoms with van der Waals surface area (Å²) in [6, 6.07) is 20.0. The average Bonchev–Trinajstić information content (AvgIpc) is 2.82. The van der Waals surface area contributed by atoms with E-state index in [1.54, 1.807) is 24.3 Å². The molecule has 0 fully saturated rings. The van der Waals surface area contributed by atoms with Crippen molar-refractivity contribution in [2.45, 2.75) is 18.4 Å². The van der Waals surface area contributed by atoms with Gasteiger partial charge in [0.1, 0.15) is 10.6 Å². The Balaban J connectivity index is 1.78. The maximum atomic E-state index is 13.2. The van der Waals surface area contributed by atoms with Gasteiger partial charge in [-0.1, -0.05) is 48.0 Å².